The Morgan fingerprint density at radius 2 is 1.93 bits per heavy atom. The van der Waals surface area contributed by atoms with Crippen LogP contribution in [0.5, 0.6) is 0 Å². The number of furan rings is 1. The molecule has 30 heavy (non-hydrogen) atoms. The third-order valence-corrected chi connectivity index (χ3v) is 5.90. The van der Waals surface area contributed by atoms with Crippen LogP contribution in [-0.4, -0.2) is 51.3 Å². The highest BCUT2D eigenvalue weighted by Crippen LogP contribution is 2.26. The molecule has 10 heteroatoms. The molecule has 1 amide bonds. The first-order chi connectivity index (χ1) is 14.5. The minimum atomic E-state index is -0.384. The van der Waals surface area contributed by atoms with Gasteiger partial charge in [0.15, 0.2) is 16.4 Å². The molecule has 0 unspecified atom stereocenters. The Labute approximate surface area is 184 Å². The number of benzene rings is 1. The summed E-state index contributed by atoms with van der Waals surface area (Å²) in [7, 11) is 0. The van der Waals surface area contributed by atoms with Crippen LogP contribution in [0, 0.1) is 4.77 Å². The normalized spacial score (nSPS) is 14.9. The standard InChI is InChI=1S/C20H23ClN6O2S/c21-15-4-1-2-5-16(15)25-11-9-24(10-12-25)14-27-20(30)26(8-7-18(22)28)19(23-27)17-6-3-13-29-17/h1-6,13H,7-12,14H2,(H2,22,28). The summed E-state index contributed by atoms with van der Waals surface area (Å²) in [4.78, 5) is 15.9. The molecule has 0 bridgehead atoms. The van der Waals surface area contributed by atoms with E-state index in [0.29, 0.717) is 29.6 Å². The maximum atomic E-state index is 11.3. The van der Waals surface area contributed by atoms with Crippen molar-refractivity contribution in [2.75, 3.05) is 31.1 Å². The molecule has 1 aliphatic heterocycles. The number of para-hydroxylation sites is 1. The van der Waals surface area contributed by atoms with E-state index in [1.807, 2.05) is 30.3 Å². The van der Waals surface area contributed by atoms with Crippen LogP contribution in [0.25, 0.3) is 11.6 Å². The Kier molecular flexibility index (Phi) is 6.21. The maximum absolute atomic E-state index is 11.3. The fourth-order valence-corrected chi connectivity index (χ4v) is 4.10. The van der Waals surface area contributed by atoms with Crippen molar-refractivity contribution in [2.45, 2.75) is 19.6 Å². The highest BCUT2D eigenvalue weighted by Gasteiger charge is 2.21. The number of anilines is 1. The average molecular weight is 447 g/mol. The molecule has 4 rings (SSSR count). The van der Waals surface area contributed by atoms with Crippen molar-refractivity contribution < 1.29 is 9.21 Å². The van der Waals surface area contributed by atoms with Gasteiger partial charge in [0.2, 0.25) is 5.91 Å². The first kappa shape index (κ1) is 20.6. The third kappa shape index (κ3) is 4.43. The molecule has 8 nitrogen and oxygen atoms in total. The summed E-state index contributed by atoms with van der Waals surface area (Å²) >= 11 is 12.0. The minimum absolute atomic E-state index is 0.185. The fraction of sp³-hybridized carbons (Fsp3) is 0.350. The highest BCUT2D eigenvalue weighted by atomic mass is 35.5. The predicted molar refractivity (Wildman–Crippen MR) is 118 cm³/mol. The number of piperazine rings is 1. The van der Waals surface area contributed by atoms with E-state index in [4.69, 9.17) is 34.0 Å². The first-order valence-electron chi connectivity index (χ1n) is 9.74. The lowest BCUT2D eigenvalue weighted by atomic mass is 10.2. The number of amides is 1. The molecule has 158 valence electrons. The van der Waals surface area contributed by atoms with Crippen molar-refractivity contribution in [1.82, 2.24) is 19.2 Å². The second-order valence-corrected chi connectivity index (χ2v) is 7.92. The van der Waals surface area contributed by atoms with Gasteiger partial charge in [-0.1, -0.05) is 23.7 Å². The molecule has 0 atom stereocenters. The molecule has 3 aromatic rings. The summed E-state index contributed by atoms with van der Waals surface area (Å²) in [5.41, 5.74) is 6.39. The van der Waals surface area contributed by atoms with Gasteiger partial charge in [0.1, 0.15) is 0 Å². The number of hydrogen-bond donors (Lipinski definition) is 1. The van der Waals surface area contributed by atoms with E-state index in [1.54, 1.807) is 21.6 Å². The number of hydrogen-bond acceptors (Lipinski definition) is 6. The van der Waals surface area contributed by atoms with Gasteiger partial charge in [-0.15, -0.1) is 5.10 Å². The maximum Gasteiger partial charge on any atom is 0.219 e. The molecule has 1 saturated heterocycles. The molecule has 1 aromatic carbocycles. The zero-order valence-electron chi connectivity index (χ0n) is 16.4. The zero-order chi connectivity index (χ0) is 21.1. The van der Waals surface area contributed by atoms with Gasteiger partial charge < -0.3 is 15.1 Å². The Hall–Kier alpha value is -2.62. The molecular weight excluding hydrogens is 424 g/mol. The number of halogens is 1. The molecule has 0 aliphatic carbocycles. The number of carbonyl (C=O) groups is 1. The van der Waals surface area contributed by atoms with Crippen molar-refractivity contribution in [3.63, 3.8) is 0 Å². The van der Waals surface area contributed by atoms with E-state index in [9.17, 15) is 4.79 Å². The summed E-state index contributed by atoms with van der Waals surface area (Å²) in [5.74, 6) is 0.819. The summed E-state index contributed by atoms with van der Waals surface area (Å²) < 4.78 is 9.63. The fourth-order valence-electron chi connectivity index (χ4n) is 3.57. The monoisotopic (exact) mass is 446 g/mol. The van der Waals surface area contributed by atoms with Crippen LogP contribution in [-0.2, 0) is 18.0 Å². The summed E-state index contributed by atoms with van der Waals surface area (Å²) in [6, 6.07) is 11.5. The summed E-state index contributed by atoms with van der Waals surface area (Å²) in [5, 5.41) is 5.44. The minimum Gasteiger partial charge on any atom is -0.461 e. The van der Waals surface area contributed by atoms with Crippen LogP contribution in [0.15, 0.2) is 47.1 Å². The van der Waals surface area contributed by atoms with Gasteiger partial charge in [0.25, 0.3) is 0 Å². The molecule has 2 N–H and O–H groups in total. The van der Waals surface area contributed by atoms with E-state index in [1.165, 1.54) is 0 Å². The number of nitrogens with zero attached hydrogens (tertiary/aromatic N) is 5. The molecular formula is C20H23ClN6O2S. The molecule has 0 radical (unpaired) electrons. The summed E-state index contributed by atoms with van der Waals surface area (Å²) in [6.07, 6.45) is 1.77. The van der Waals surface area contributed by atoms with E-state index >= 15 is 0 Å². The molecule has 3 heterocycles. The van der Waals surface area contributed by atoms with Crippen LogP contribution in [0.4, 0.5) is 5.69 Å². The molecule has 1 fully saturated rings. The second kappa shape index (κ2) is 9.03. The number of primary amides is 1. The lowest BCUT2D eigenvalue weighted by Gasteiger charge is -2.36. The number of carbonyl (C=O) groups excluding carboxylic acids is 1. The van der Waals surface area contributed by atoms with Crippen molar-refractivity contribution in [2.24, 2.45) is 5.73 Å². The van der Waals surface area contributed by atoms with Crippen molar-refractivity contribution in [1.29, 1.82) is 0 Å². The highest BCUT2D eigenvalue weighted by molar-refractivity contribution is 7.71. The van der Waals surface area contributed by atoms with Gasteiger partial charge in [-0.2, -0.15) is 0 Å². The third-order valence-electron chi connectivity index (χ3n) is 5.15. The number of rotatable bonds is 7. The lowest BCUT2D eigenvalue weighted by Crippen LogP contribution is -2.47. The van der Waals surface area contributed by atoms with Gasteiger partial charge >= 0.3 is 0 Å². The quantitative estimate of drug-likeness (QED) is 0.561. The van der Waals surface area contributed by atoms with Crippen LogP contribution in [0.3, 0.4) is 0 Å². The number of aromatic nitrogens is 3. The zero-order valence-corrected chi connectivity index (χ0v) is 18.0. The largest absolute Gasteiger partial charge is 0.461 e. The Morgan fingerprint density at radius 1 is 1.17 bits per heavy atom. The molecule has 0 saturated carbocycles. The van der Waals surface area contributed by atoms with Crippen LogP contribution in [0.1, 0.15) is 6.42 Å². The molecule has 2 aromatic heterocycles. The van der Waals surface area contributed by atoms with Gasteiger partial charge in [-0.25, -0.2) is 4.68 Å². The smallest absolute Gasteiger partial charge is 0.219 e. The first-order valence-corrected chi connectivity index (χ1v) is 10.5. The predicted octanol–water partition coefficient (Wildman–Crippen LogP) is 2.98. The van der Waals surface area contributed by atoms with Gasteiger partial charge in [0, 0.05) is 39.1 Å². The van der Waals surface area contributed by atoms with Gasteiger partial charge in [-0.3, -0.25) is 14.3 Å². The lowest BCUT2D eigenvalue weighted by molar-refractivity contribution is -0.118. The van der Waals surface area contributed by atoms with Crippen molar-refractivity contribution >= 4 is 35.4 Å². The van der Waals surface area contributed by atoms with E-state index < -0.39 is 0 Å². The topological polar surface area (TPSA) is 85.5 Å². The van der Waals surface area contributed by atoms with Gasteiger partial charge in [0.05, 0.1) is 23.6 Å². The van der Waals surface area contributed by atoms with Crippen LogP contribution >= 0.6 is 23.8 Å². The van der Waals surface area contributed by atoms with Crippen LogP contribution < -0.4 is 10.6 Å². The molecule has 1 aliphatic rings. The second-order valence-electron chi connectivity index (χ2n) is 7.15. The van der Waals surface area contributed by atoms with Crippen LogP contribution in [0.2, 0.25) is 5.02 Å². The van der Waals surface area contributed by atoms with E-state index in [-0.39, 0.29) is 12.3 Å². The van der Waals surface area contributed by atoms with Crippen molar-refractivity contribution in [3.8, 4) is 11.6 Å². The SMILES string of the molecule is NC(=O)CCn1c(-c2ccco2)nn(CN2CCN(c3ccccc3Cl)CC2)c1=S. The Balaban J connectivity index is 1.48. The van der Waals surface area contributed by atoms with Gasteiger partial charge in [-0.05, 0) is 36.5 Å². The number of nitrogens with two attached hydrogens (primary N) is 1. The Bertz CT molecular complexity index is 1070. The van der Waals surface area contributed by atoms with E-state index in [0.717, 1.165) is 36.9 Å². The Morgan fingerprint density at radius 3 is 2.60 bits per heavy atom. The van der Waals surface area contributed by atoms with Crippen molar-refractivity contribution in [3.05, 3.63) is 52.5 Å². The van der Waals surface area contributed by atoms with E-state index in [2.05, 4.69) is 14.9 Å². The molecule has 0 spiro atoms. The average Bonchev–Trinajstić information content (AvgIpc) is 3.36. The summed E-state index contributed by atoms with van der Waals surface area (Å²) in [6.45, 7) is 4.38.